The zero-order valence-corrected chi connectivity index (χ0v) is 11.3. The van der Waals surface area contributed by atoms with E-state index in [-0.39, 0.29) is 6.03 Å². The highest BCUT2D eigenvalue weighted by atomic mass is 16.5. The molecule has 0 spiro atoms. The Morgan fingerprint density at radius 3 is 2.47 bits per heavy atom. The number of amides is 2. The van der Waals surface area contributed by atoms with Crippen LogP contribution in [0.1, 0.15) is 25.7 Å². The number of benzene rings is 1. The average Bonchev–Trinajstić information content (AvgIpc) is 2.73. The van der Waals surface area contributed by atoms with Crippen molar-refractivity contribution in [3.63, 3.8) is 0 Å². The van der Waals surface area contributed by atoms with Gasteiger partial charge in [-0.15, -0.1) is 0 Å². The van der Waals surface area contributed by atoms with Gasteiger partial charge in [-0.25, -0.2) is 4.79 Å². The fourth-order valence-electron chi connectivity index (χ4n) is 2.23. The Balaban J connectivity index is 1.63. The minimum absolute atomic E-state index is 0.0403. The van der Waals surface area contributed by atoms with Gasteiger partial charge in [-0.3, -0.25) is 0 Å². The summed E-state index contributed by atoms with van der Waals surface area (Å²) in [7, 11) is 0. The molecule has 0 aliphatic carbocycles. The first-order valence-corrected chi connectivity index (χ1v) is 7.07. The van der Waals surface area contributed by atoms with Crippen molar-refractivity contribution in [3.8, 4) is 5.75 Å². The molecule has 4 heteroatoms. The Morgan fingerprint density at radius 2 is 1.79 bits per heavy atom. The van der Waals surface area contributed by atoms with Gasteiger partial charge in [-0.2, -0.15) is 0 Å². The standard InChI is InChI=1S/C15H22N2O2/c18-15(17-11-6-1-2-7-12-17)16-10-13-19-14-8-4-3-5-9-14/h3-5,8-9H,1-2,6-7,10-13H2,(H,16,18). The Morgan fingerprint density at radius 1 is 1.11 bits per heavy atom. The SMILES string of the molecule is O=C(NCCOc1ccccc1)N1CCCCCC1. The van der Waals surface area contributed by atoms with Gasteiger partial charge in [-0.05, 0) is 25.0 Å². The molecule has 1 heterocycles. The fraction of sp³-hybridized carbons (Fsp3) is 0.533. The number of carbonyl (C=O) groups is 1. The first kappa shape index (κ1) is 13.7. The zero-order valence-electron chi connectivity index (χ0n) is 11.3. The lowest BCUT2D eigenvalue weighted by molar-refractivity contribution is 0.196. The van der Waals surface area contributed by atoms with Gasteiger partial charge < -0.3 is 15.0 Å². The van der Waals surface area contributed by atoms with Crippen molar-refractivity contribution >= 4 is 6.03 Å². The largest absolute Gasteiger partial charge is 0.492 e. The van der Waals surface area contributed by atoms with Crippen molar-refractivity contribution in [2.45, 2.75) is 25.7 Å². The highest BCUT2D eigenvalue weighted by Gasteiger charge is 2.14. The molecule has 0 aromatic heterocycles. The third-order valence-corrected chi connectivity index (χ3v) is 3.28. The molecule has 0 unspecified atom stereocenters. The Kier molecular flexibility index (Phi) is 5.53. The molecule has 1 aromatic rings. The molecule has 1 aromatic carbocycles. The molecule has 1 aliphatic rings. The van der Waals surface area contributed by atoms with E-state index in [1.807, 2.05) is 35.2 Å². The molecule has 0 saturated carbocycles. The molecule has 0 atom stereocenters. The molecule has 2 rings (SSSR count). The Bertz CT molecular complexity index is 373. The van der Waals surface area contributed by atoms with E-state index in [9.17, 15) is 4.79 Å². The molecule has 0 bridgehead atoms. The number of likely N-dealkylation sites (tertiary alicyclic amines) is 1. The number of hydrogen-bond donors (Lipinski definition) is 1. The molecule has 4 nitrogen and oxygen atoms in total. The number of para-hydroxylation sites is 1. The van der Waals surface area contributed by atoms with Crippen LogP contribution in [0.15, 0.2) is 30.3 Å². The summed E-state index contributed by atoms with van der Waals surface area (Å²) in [6, 6.07) is 9.69. The predicted molar refractivity (Wildman–Crippen MR) is 75.4 cm³/mol. The van der Waals surface area contributed by atoms with E-state index >= 15 is 0 Å². The minimum Gasteiger partial charge on any atom is -0.492 e. The summed E-state index contributed by atoms with van der Waals surface area (Å²) in [5.74, 6) is 0.839. The molecule has 0 radical (unpaired) electrons. The Hall–Kier alpha value is -1.71. The van der Waals surface area contributed by atoms with Crippen molar-refractivity contribution in [2.75, 3.05) is 26.2 Å². The van der Waals surface area contributed by atoms with Crippen LogP contribution in [-0.4, -0.2) is 37.2 Å². The number of nitrogens with zero attached hydrogens (tertiary/aromatic N) is 1. The first-order valence-electron chi connectivity index (χ1n) is 7.07. The van der Waals surface area contributed by atoms with E-state index in [1.165, 1.54) is 12.8 Å². The monoisotopic (exact) mass is 262 g/mol. The third-order valence-electron chi connectivity index (χ3n) is 3.28. The van der Waals surface area contributed by atoms with Gasteiger partial charge >= 0.3 is 6.03 Å². The number of carbonyl (C=O) groups excluding carboxylic acids is 1. The van der Waals surface area contributed by atoms with Crippen molar-refractivity contribution in [1.82, 2.24) is 10.2 Å². The topological polar surface area (TPSA) is 41.6 Å². The van der Waals surface area contributed by atoms with Crippen molar-refractivity contribution in [2.24, 2.45) is 0 Å². The van der Waals surface area contributed by atoms with Gasteiger partial charge in [0.1, 0.15) is 12.4 Å². The lowest BCUT2D eigenvalue weighted by atomic mass is 10.2. The number of urea groups is 1. The fourth-order valence-corrected chi connectivity index (χ4v) is 2.23. The number of nitrogens with one attached hydrogen (secondary N) is 1. The van der Waals surface area contributed by atoms with Crippen molar-refractivity contribution < 1.29 is 9.53 Å². The second-order valence-corrected chi connectivity index (χ2v) is 4.79. The minimum atomic E-state index is 0.0403. The van der Waals surface area contributed by atoms with Crippen LogP contribution < -0.4 is 10.1 Å². The summed E-state index contributed by atoms with van der Waals surface area (Å²) in [5.41, 5.74) is 0. The molecule has 19 heavy (non-hydrogen) atoms. The van der Waals surface area contributed by atoms with E-state index in [0.29, 0.717) is 13.2 Å². The van der Waals surface area contributed by atoms with Gasteiger partial charge in [0, 0.05) is 13.1 Å². The highest BCUT2D eigenvalue weighted by Crippen LogP contribution is 2.09. The van der Waals surface area contributed by atoms with E-state index in [4.69, 9.17) is 4.74 Å². The van der Waals surface area contributed by atoms with Gasteiger partial charge in [0.05, 0.1) is 6.54 Å². The van der Waals surface area contributed by atoms with Crippen LogP contribution in [0.5, 0.6) is 5.75 Å². The smallest absolute Gasteiger partial charge is 0.317 e. The van der Waals surface area contributed by atoms with Gasteiger partial charge in [0.25, 0.3) is 0 Å². The molecule has 1 N–H and O–H groups in total. The summed E-state index contributed by atoms with van der Waals surface area (Å²) in [4.78, 5) is 13.8. The summed E-state index contributed by atoms with van der Waals surface area (Å²) in [5, 5.41) is 2.91. The molecule has 1 fully saturated rings. The number of hydrogen-bond acceptors (Lipinski definition) is 2. The third kappa shape index (κ3) is 4.81. The summed E-state index contributed by atoms with van der Waals surface area (Å²) < 4.78 is 5.54. The second kappa shape index (κ2) is 7.67. The van der Waals surface area contributed by atoms with Gasteiger partial charge in [0.2, 0.25) is 0 Å². The van der Waals surface area contributed by atoms with Crippen LogP contribution >= 0.6 is 0 Å². The molecule has 1 saturated heterocycles. The summed E-state index contributed by atoms with van der Waals surface area (Å²) in [6.07, 6.45) is 4.71. The van der Waals surface area contributed by atoms with E-state index in [1.54, 1.807) is 0 Å². The maximum atomic E-state index is 11.9. The molecular weight excluding hydrogens is 240 g/mol. The van der Waals surface area contributed by atoms with E-state index in [2.05, 4.69) is 5.32 Å². The molecule has 104 valence electrons. The molecular formula is C15H22N2O2. The summed E-state index contributed by atoms with van der Waals surface area (Å²) >= 11 is 0. The lowest BCUT2D eigenvalue weighted by Gasteiger charge is -2.20. The van der Waals surface area contributed by atoms with Crippen molar-refractivity contribution in [3.05, 3.63) is 30.3 Å². The predicted octanol–water partition coefficient (Wildman–Crippen LogP) is 2.65. The van der Waals surface area contributed by atoms with Gasteiger partial charge in [-0.1, -0.05) is 31.0 Å². The summed E-state index contributed by atoms with van der Waals surface area (Å²) in [6.45, 7) is 2.81. The van der Waals surface area contributed by atoms with Crippen LogP contribution in [0.25, 0.3) is 0 Å². The van der Waals surface area contributed by atoms with Gasteiger partial charge in [0.15, 0.2) is 0 Å². The van der Waals surface area contributed by atoms with Crippen LogP contribution in [0.3, 0.4) is 0 Å². The first-order chi connectivity index (χ1) is 9.36. The van der Waals surface area contributed by atoms with Crippen LogP contribution in [-0.2, 0) is 0 Å². The van der Waals surface area contributed by atoms with Crippen molar-refractivity contribution in [1.29, 1.82) is 0 Å². The maximum Gasteiger partial charge on any atom is 0.317 e. The maximum absolute atomic E-state index is 11.9. The molecule has 1 aliphatic heterocycles. The number of ether oxygens (including phenoxy) is 1. The van der Waals surface area contributed by atoms with E-state index in [0.717, 1.165) is 31.7 Å². The zero-order chi connectivity index (χ0) is 13.3. The van der Waals surface area contributed by atoms with E-state index < -0.39 is 0 Å². The quantitative estimate of drug-likeness (QED) is 0.848. The van der Waals surface area contributed by atoms with Crippen LogP contribution in [0.2, 0.25) is 0 Å². The Labute approximate surface area is 114 Å². The van der Waals surface area contributed by atoms with Crippen LogP contribution in [0.4, 0.5) is 4.79 Å². The highest BCUT2D eigenvalue weighted by molar-refractivity contribution is 5.74. The molecule has 2 amide bonds. The van der Waals surface area contributed by atoms with Crippen LogP contribution in [0, 0.1) is 0 Å². The lowest BCUT2D eigenvalue weighted by Crippen LogP contribution is -2.41. The average molecular weight is 262 g/mol. The normalized spacial score (nSPS) is 15.7. The number of rotatable bonds is 4. The second-order valence-electron chi connectivity index (χ2n) is 4.79.